The molecule has 28 heavy (non-hydrogen) atoms. The molecule has 1 aromatic carbocycles. The number of nitrogens with zero attached hydrogens (tertiary/aromatic N) is 2. The molecular weight excluding hydrogens is 374 g/mol. The number of carbonyl (C=O) groups is 1. The Bertz CT molecular complexity index is 769. The van der Waals surface area contributed by atoms with Crippen molar-refractivity contribution in [3.05, 3.63) is 47.9 Å². The highest BCUT2D eigenvalue weighted by Crippen LogP contribution is 2.27. The summed E-state index contributed by atoms with van der Waals surface area (Å²) in [6, 6.07) is 9.70. The number of amides is 1. The Morgan fingerprint density at radius 1 is 1.29 bits per heavy atom. The number of rotatable bonds is 8. The zero-order chi connectivity index (χ0) is 20.6. The predicted molar refractivity (Wildman–Crippen MR) is 112 cm³/mol. The minimum atomic E-state index is -0.564. The van der Waals surface area contributed by atoms with Crippen molar-refractivity contribution in [2.75, 3.05) is 5.75 Å². The minimum absolute atomic E-state index is 0.129. The van der Waals surface area contributed by atoms with E-state index in [2.05, 4.69) is 34.6 Å². The van der Waals surface area contributed by atoms with E-state index in [9.17, 15) is 4.79 Å². The standard InChI is InChI=1S/C21H29N3O3S/c1-6-15(2)17(22-19(25)27-21(3,4)5)18-23-24-20(26-18)28-14-10-13-16-11-8-7-9-12-16/h7-13,15,17H,6,14H2,1-5H3,(H,22,25)/b13-10+/t15-,17+/m0/s1. The van der Waals surface area contributed by atoms with E-state index in [0.717, 1.165) is 12.0 Å². The summed E-state index contributed by atoms with van der Waals surface area (Å²) in [6.07, 6.45) is 4.46. The third kappa shape index (κ3) is 7.38. The quantitative estimate of drug-likeness (QED) is 0.588. The first-order valence-corrected chi connectivity index (χ1v) is 10.4. The van der Waals surface area contributed by atoms with Gasteiger partial charge in [-0.3, -0.25) is 0 Å². The fraction of sp³-hybridized carbons (Fsp3) is 0.476. The average Bonchev–Trinajstić information content (AvgIpc) is 3.10. The molecule has 0 spiro atoms. The van der Waals surface area contributed by atoms with Gasteiger partial charge in [0.1, 0.15) is 11.6 Å². The van der Waals surface area contributed by atoms with Gasteiger partial charge in [0.25, 0.3) is 5.22 Å². The van der Waals surface area contributed by atoms with Crippen LogP contribution in [-0.4, -0.2) is 27.6 Å². The van der Waals surface area contributed by atoms with Crippen molar-refractivity contribution < 1.29 is 13.9 Å². The molecule has 6 nitrogen and oxygen atoms in total. The molecule has 7 heteroatoms. The first kappa shape index (κ1) is 22.0. The Morgan fingerprint density at radius 3 is 2.64 bits per heavy atom. The molecule has 2 rings (SSSR count). The van der Waals surface area contributed by atoms with Crippen molar-refractivity contribution in [3.63, 3.8) is 0 Å². The fourth-order valence-electron chi connectivity index (χ4n) is 2.39. The van der Waals surface area contributed by atoms with Gasteiger partial charge in [-0.15, -0.1) is 10.2 Å². The second kappa shape index (κ2) is 10.3. The summed E-state index contributed by atoms with van der Waals surface area (Å²) >= 11 is 1.46. The number of nitrogens with one attached hydrogen (secondary N) is 1. The second-order valence-electron chi connectivity index (χ2n) is 7.54. The molecule has 2 aromatic rings. The number of carbonyl (C=O) groups excluding carboxylic acids is 1. The molecule has 1 heterocycles. The molecule has 152 valence electrons. The van der Waals surface area contributed by atoms with Crippen LogP contribution in [0.15, 0.2) is 46.0 Å². The molecule has 0 aliphatic carbocycles. The van der Waals surface area contributed by atoms with Gasteiger partial charge in [0.05, 0.1) is 0 Å². The zero-order valence-corrected chi connectivity index (χ0v) is 18.0. The topological polar surface area (TPSA) is 77.2 Å². The van der Waals surface area contributed by atoms with Gasteiger partial charge in [-0.1, -0.05) is 74.5 Å². The van der Waals surface area contributed by atoms with Crippen LogP contribution < -0.4 is 5.32 Å². The predicted octanol–water partition coefficient (Wildman–Crippen LogP) is 5.49. The molecule has 0 bridgehead atoms. The minimum Gasteiger partial charge on any atom is -0.444 e. The van der Waals surface area contributed by atoms with E-state index in [4.69, 9.17) is 9.15 Å². The van der Waals surface area contributed by atoms with Crippen molar-refractivity contribution in [2.24, 2.45) is 5.92 Å². The first-order valence-electron chi connectivity index (χ1n) is 9.45. The molecule has 0 fully saturated rings. The third-order valence-electron chi connectivity index (χ3n) is 3.99. The number of aromatic nitrogens is 2. The van der Waals surface area contributed by atoms with Crippen molar-refractivity contribution in [3.8, 4) is 0 Å². The summed E-state index contributed by atoms with van der Waals surface area (Å²) in [5, 5.41) is 11.6. The maximum atomic E-state index is 12.2. The van der Waals surface area contributed by atoms with Gasteiger partial charge in [0.15, 0.2) is 0 Å². The Balaban J connectivity index is 1.97. The van der Waals surface area contributed by atoms with Crippen molar-refractivity contribution in [1.29, 1.82) is 0 Å². The van der Waals surface area contributed by atoms with Crippen LogP contribution in [0.4, 0.5) is 4.79 Å². The van der Waals surface area contributed by atoms with Gasteiger partial charge in [0.2, 0.25) is 5.89 Å². The van der Waals surface area contributed by atoms with Gasteiger partial charge in [-0.25, -0.2) is 4.79 Å². The van der Waals surface area contributed by atoms with Gasteiger partial charge < -0.3 is 14.5 Å². The SMILES string of the molecule is CC[C@H](C)[C@@H](NC(=O)OC(C)(C)C)c1nnc(SC/C=C/c2ccccc2)o1. The van der Waals surface area contributed by atoms with Gasteiger partial charge in [0, 0.05) is 5.75 Å². The van der Waals surface area contributed by atoms with E-state index in [-0.39, 0.29) is 12.0 Å². The van der Waals surface area contributed by atoms with E-state index in [1.165, 1.54) is 11.8 Å². The molecule has 1 amide bonds. The lowest BCUT2D eigenvalue weighted by Gasteiger charge is -2.24. The van der Waals surface area contributed by atoms with Crippen LogP contribution in [0.3, 0.4) is 0 Å². The number of hydrogen-bond donors (Lipinski definition) is 1. The summed E-state index contributed by atoms with van der Waals surface area (Å²) in [7, 11) is 0. The molecule has 1 aromatic heterocycles. The van der Waals surface area contributed by atoms with E-state index in [1.54, 1.807) is 0 Å². The van der Waals surface area contributed by atoms with E-state index >= 15 is 0 Å². The lowest BCUT2D eigenvalue weighted by atomic mass is 9.99. The monoisotopic (exact) mass is 403 g/mol. The van der Waals surface area contributed by atoms with E-state index < -0.39 is 11.7 Å². The van der Waals surface area contributed by atoms with Crippen LogP contribution in [0.1, 0.15) is 58.5 Å². The molecule has 0 aliphatic heterocycles. The van der Waals surface area contributed by atoms with Crippen molar-refractivity contribution >= 4 is 23.9 Å². The van der Waals surface area contributed by atoms with Crippen LogP contribution in [-0.2, 0) is 4.74 Å². The van der Waals surface area contributed by atoms with Crippen LogP contribution in [0, 0.1) is 5.92 Å². The maximum Gasteiger partial charge on any atom is 0.408 e. The molecule has 0 radical (unpaired) electrons. The number of alkyl carbamates (subject to hydrolysis) is 1. The van der Waals surface area contributed by atoms with Crippen LogP contribution in [0.25, 0.3) is 6.08 Å². The Labute approximate surface area is 171 Å². The van der Waals surface area contributed by atoms with Crippen LogP contribution >= 0.6 is 11.8 Å². The fourth-order valence-corrected chi connectivity index (χ4v) is 2.97. The highest BCUT2D eigenvalue weighted by atomic mass is 32.2. The number of ether oxygens (including phenoxy) is 1. The molecule has 0 saturated heterocycles. The smallest absolute Gasteiger partial charge is 0.408 e. The molecule has 2 atom stereocenters. The van der Waals surface area contributed by atoms with E-state index in [1.807, 2.05) is 58.0 Å². The Kier molecular flexibility index (Phi) is 8.11. The molecule has 0 aliphatic rings. The maximum absolute atomic E-state index is 12.2. The molecular formula is C21H29N3O3S. The summed E-state index contributed by atoms with van der Waals surface area (Å²) in [6.45, 7) is 9.57. The number of hydrogen-bond acceptors (Lipinski definition) is 6. The summed E-state index contributed by atoms with van der Waals surface area (Å²) < 4.78 is 11.1. The average molecular weight is 404 g/mol. The summed E-state index contributed by atoms with van der Waals surface area (Å²) in [5.41, 5.74) is 0.582. The second-order valence-corrected chi connectivity index (χ2v) is 8.51. The zero-order valence-electron chi connectivity index (χ0n) is 17.1. The highest BCUT2D eigenvalue weighted by Gasteiger charge is 2.28. The normalized spacial score (nSPS) is 14.0. The van der Waals surface area contributed by atoms with Gasteiger partial charge >= 0.3 is 6.09 Å². The van der Waals surface area contributed by atoms with Crippen LogP contribution in [0.5, 0.6) is 0 Å². The summed E-state index contributed by atoms with van der Waals surface area (Å²) in [4.78, 5) is 12.2. The summed E-state index contributed by atoms with van der Waals surface area (Å²) in [5.74, 6) is 1.24. The molecule has 1 N–H and O–H groups in total. The van der Waals surface area contributed by atoms with Crippen molar-refractivity contribution in [2.45, 2.75) is 57.9 Å². The van der Waals surface area contributed by atoms with Crippen molar-refractivity contribution in [1.82, 2.24) is 15.5 Å². The lowest BCUT2D eigenvalue weighted by molar-refractivity contribution is 0.0474. The highest BCUT2D eigenvalue weighted by molar-refractivity contribution is 7.99. The molecule has 0 unspecified atom stereocenters. The molecule has 0 saturated carbocycles. The van der Waals surface area contributed by atoms with Crippen LogP contribution in [0.2, 0.25) is 0 Å². The van der Waals surface area contributed by atoms with Gasteiger partial charge in [-0.05, 0) is 32.3 Å². The largest absolute Gasteiger partial charge is 0.444 e. The number of thioether (sulfide) groups is 1. The number of benzene rings is 1. The first-order chi connectivity index (χ1) is 13.3. The lowest BCUT2D eigenvalue weighted by Crippen LogP contribution is -2.37. The van der Waals surface area contributed by atoms with E-state index in [0.29, 0.717) is 16.9 Å². The third-order valence-corrected chi connectivity index (χ3v) is 4.76. The Morgan fingerprint density at radius 2 is 2.00 bits per heavy atom. The van der Waals surface area contributed by atoms with Gasteiger partial charge in [-0.2, -0.15) is 0 Å². The Hall–Kier alpha value is -2.28.